The molecule has 0 unspecified atom stereocenters. The maximum absolute atomic E-state index is 13.7. The number of aromatic nitrogens is 2. The van der Waals surface area contributed by atoms with Crippen LogP contribution >= 0.6 is 0 Å². The number of nitrogens with one attached hydrogen (secondary N) is 1. The molecule has 1 heterocycles. The van der Waals surface area contributed by atoms with Crippen LogP contribution in [-0.2, 0) is 0 Å². The lowest BCUT2D eigenvalue weighted by Gasteiger charge is -2.09. The monoisotopic (exact) mass is 367 g/mol. The zero-order valence-electron chi connectivity index (χ0n) is 12.7. The van der Waals surface area contributed by atoms with Crippen molar-refractivity contribution in [1.82, 2.24) is 10.2 Å². The fourth-order valence-electron chi connectivity index (χ4n) is 2.02. The van der Waals surface area contributed by atoms with E-state index in [0.29, 0.717) is 0 Å². The Morgan fingerprint density at radius 1 is 1.08 bits per heavy atom. The summed E-state index contributed by atoms with van der Waals surface area (Å²) in [4.78, 5) is 12.1. The van der Waals surface area contributed by atoms with E-state index in [1.807, 2.05) is 0 Å². The Labute approximate surface area is 143 Å². The van der Waals surface area contributed by atoms with Gasteiger partial charge in [-0.05, 0) is 30.3 Å². The summed E-state index contributed by atoms with van der Waals surface area (Å²) < 4.78 is 59.3. The minimum absolute atomic E-state index is 0.0427. The molecule has 0 saturated heterocycles. The highest BCUT2D eigenvalue weighted by atomic mass is 19.4. The second-order valence-electron chi connectivity index (χ2n) is 4.92. The van der Waals surface area contributed by atoms with Crippen molar-refractivity contribution in [2.75, 3.05) is 5.32 Å². The molecule has 134 valence electrons. The summed E-state index contributed by atoms with van der Waals surface area (Å²) in [5.74, 6) is -2.11. The smallest absolute Gasteiger partial charge is 0.406 e. The van der Waals surface area contributed by atoms with Gasteiger partial charge < -0.3 is 9.15 Å². The second kappa shape index (κ2) is 6.82. The third kappa shape index (κ3) is 4.15. The van der Waals surface area contributed by atoms with Crippen molar-refractivity contribution in [2.45, 2.75) is 6.36 Å². The summed E-state index contributed by atoms with van der Waals surface area (Å²) in [6.45, 7) is 0. The van der Waals surface area contributed by atoms with Crippen LogP contribution < -0.4 is 10.1 Å². The second-order valence-corrected chi connectivity index (χ2v) is 4.92. The van der Waals surface area contributed by atoms with Gasteiger partial charge in [-0.1, -0.05) is 23.3 Å². The molecule has 1 aromatic heterocycles. The van der Waals surface area contributed by atoms with E-state index in [4.69, 9.17) is 4.42 Å². The molecule has 0 aliphatic carbocycles. The minimum Gasteiger partial charge on any atom is -0.406 e. The van der Waals surface area contributed by atoms with E-state index in [1.165, 1.54) is 30.3 Å². The van der Waals surface area contributed by atoms with Crippen molar-refractivity contribution < 1.29 is 31.5 Å². The highest BCUT2D eigenvalue weighted by Crippen LogP contribution is 2.25. The number of rotatable bonds is 4. The van der Waals surface area contributed by atoms with Gasteiger partial charge in [-0.15, -0.1) is 18.3 Å². The number of ether oxygens (including phenoxy) is 1. The van der Waals surface area contributed by atoms with Gasteiger partial charge in [0.2, 0.25) is 0 Å². The van der Waals surface area contributed by atoms with Crippen molar-refractivity contribution in [1.29, 1.82) is 0 Å². The van der Waals surface area contributed by atoms with Gasteiger partial charge in [-0.2, -0.15) is 0 Å². The maximum Gasteiger partial charge on any atom is 0.573 e. The normalized spacial score (nSPS) is 11.2. The molecule has 6 nitrogen and oxygen atoms in total. The molecule has 26 heavy (non-hydrogen) atoms. The Balaban J connectivity index is 1.75. The molecule has 1 amide bonds. The molecule has 0 saturated carbocycles. The summed E-state index contributed by atoms with van der Waals surface area (Å²) in [5.41, 5.74) is -0.0848. The lowest BCUT2D eigenvalue weighted by atomic mass is 10.2. The van der Waals surface area contributed by atoms with Crippen LogP contribution in [0.25, 0.3) is 11.5 Å². The molecule has 0 bridgehead atoms. The Hall–Kier alpha value is -3.43. The summed E-state index contributed by atoms with van der Waals surface area (Å²) in [6, 6.07) is 9.75. The number of anilines is 1. The lowest BCUT2D eigenvalue weighted by molar-refractivity contribution is -0.274. The number of hydrogen-bond donors (Lipinski definition) is 1. The van der Waals surface area contributed by atoms with Crippen molar-refractivity contribution in [3.05, 3.63) is 59.9 Å². The predicted octanol–water partition coefficient (Wildman–Crippen LogP) is 4.03. The number of hydrogen-bond acceptors (Lipinski definition) is 5. The number of amides is 1. The average Bonchev–Trinajstić information content (AvgIpc) is 3.02. The van der Waals surface area contributed by atoms with Crippen LogP contribution in [0.3, 0.4) is 0 Å². The fourth-order valence-corrected chi connectivity index (χ4v) is 2.02. The third-order valence-corrected chi connectivity index (χ3v) is 3.08. The van der Waals surface area contributed by atoms with Gasteiger partial charge in [-0.3, -0.25) is 10.1 Å². The van der Waals surface area contributed by atoms with Crippen molar-refractivity contribution in [3.8, 4) is 17.2 Å². The van der Waals surface area contributed by atoms with Crippen molar-refractivity contribution in [3.63, 3.8) is 0 Å². The van der Waals surface area contributed by atoms with Crippen molar-refractivity contribution in [2.24, 2.45) is 0 Å². The molecule has 0 fully saturated rings. The zero-order valence-corrected chi connectivity index (χ0v) is 12.7. The molecular weight excluding hydrogens is 358 g/mol. The SMILES string of the molecule is O=C(Nc1nnc(-c2ccccc2F)o1)c1cccc(OC(F)(F)F)c1. The number of carbonyl (C=O) groups is 1. The van der Waals surface area contributed by atoms with Crippen LogP contribution in [0.1, 0.15) is 10.4 Å². The van der Waals surface area contributed by atoms with Gasteiger partial charge in [0.05, 0.1) is 5.56 Å². The Kier molecular flexibility index (Phi) is 4.57. The molecule has 2 aromatic carbocycles. The number of halogens is 4. The van der Waals surface area contributed by atoms with E-state index in [1.54, 1.807) is 6.07 Å². The van der Waals surface area contributed by atoms with Gasteiger partial charge in [0.1, 0.15) is 11.6 Å². The van der Waals surface area contributed by atoms with Crippen LogP contribution in [0, 0.1) is 5.82 Å². The first kappa shape index (κ1) is 17.4. The topological polar surface area (TPSA) is 77.3 Å². The number of benzene rings is 2. The minimum atomic E-state index is -4.88. The Morgan fingerprint density at radius 2 is 1.85 bits per heavy atom. The van der Waals surface area contributed by atoms with Crippen LogP contribution in [0.15, 0.2) is 52.9 Å². The summed E-state index contributed by atoms with van der Waals surface area (Å²) in [7, 11) is 0. The molecule has 3 aromatic rings. The molecular formula is C16H9F4N3O3. The standard InChI is InChI=1S/C16H9F4N3O3/c17-12-7-2-1-6-11(12)14-22-23-15(25-14)21-13(24)9-4-3-5-10(8-9)26-16(18,19)20/h1-8H,(H,21,23,24). The molecule has 3 rings (SSSR count). The molecule has 10 heteroatoms. The Bertz CT molecular complexity index is 940. The number of alkyl halides is 3. The van der Waals surface area contributed by atoms with Gasteiger partial charge >= 0.3 is 12.4 Å². The molecule has 1 N–H and O–H groups in total. The average molecular weight is 367 g/mol. The van der Waals surface area contributed by atoms with Gasteiger partial charge in [0, 0.05) is 5.56 Å². The Morgan fingerprint density at radius 3 is 2.58 bits per heavy atom. The van der Waals surface area contributed by atoms with Crippen LogP contribution in [-0.4, -0.2) is 22.5 Å². The maximum atomic E-state index is 13.7. The van der Waals surface area contributed by atoms with E-state index in [-0.39, 0.29) is 23.0 Å². The van der Waals surface area contributed by atoms with Crippen molar-refractivity contribution >= 4 is 11.9 Å². The van der Waals surface area contributed by atoms with E-state index in [0.717, 1.165) is 12.1 Å². The first-order chi connectivity index (χ1) is 12.3. The zero-order chi connectivity index (χ0) is 18.7. The predicted molar refractivity (Wildman–Crippen MR) is 80.8 cm³/mol. The lowest BCUT2D eigenvalue weighted by Crippen LogP contribution is -2.18. The van der Waals surface area contributed by atoms with E-state index < -0.39 is 23.8 Å². The number of nitrogens with zero attached hydrogens (tertiary/aromatic N) is 2. The summed E-state index contributed by atoms with van der Waals surface area (Å²) in [5, 5.41) is 9.39. The summed E-state index contributed by atoms with van der Waals surface area (Å²) in [6.07, 6.45) is -4.88. The first-order valence-electron chi connectivity index (χ1n) is 7.07. The molecule has 0 radical (unpaired) electrons. The van der Waals surface area contributed by atoms with E-state index in [2.05, 4.69) is 20.3 Å². The van der Waals surface area contributed by atoms with Crippen LogP contribution in [0.4, 0.5) is 23.6 Å². The largest absolute Gasteiger partial charge is 0.573 e. The fraction of sp³-hybridized carbons (Fsp3) is 0.0625. The molecule has 0 atom stereocenters. The van der Waals surface area contributed by atoms with Gasteiger partial charge in [0.15, 0.2) is 0 Å². The van der Waals surface area contributed by atoms with Gasteiger partial charge in [0.25, 0.3) is 11.8 Å². The van der Waals surface area contributed by atoms with Crippen LogP contribution in [0.2, 0.25) is 0 Å². The highest BCUT2D eigenvalue weighted by molar-refractivity contribution is 6.03. The molecule has 0 aliphatic rings. The quantitative estimate of drug-likeness (QED) is 0.705. The number of carbonyl (C=O) groups excluding carboxylic acids is 1. The molecule has 0 spiro atoms. The van der Waals surface area contributed by atoms with Crippen LogP contribution in [0.5, 0.6) is 5.75 Å². The van der Waals surface area contributed by atoms with E-state index in [9.17, 15) is 22.4 Å². The van der Waals surface area contributed by atoms with Gasteiger partial charge in [-0.25, -0.2) is 4.39 Å². The third-order valence-electron chi connectivity index (χ3n) is 3.08. The van der Waals surface area contributed by atoms with E-state index >= 15 is 0 Å². The summed E-state index contributed by atoms with van der Waals surface area (Å²) >= 11 is 0. The molecule has 0 aliphatic heterocycles. The first-order valence-corrected chi connectivity index (χ1v) is 7.07. The highest BCUT2D eigenvalue weighted by Gasteiger charge is 2.31.